The number of hydrogen-bond acceptors (Lipinski definition) is 3. The van der Waals surface area contributed by atoms with Gasteiger partial charge in [-0.2, -0.15) is 0 Å². The van der Waals surface area contributed by atoms with Gasteiger partial charge in [-0.15, -0.1) is 0 Å². The van der Waals surface area contributed by atoms with Crippen LogP contribution < -0.4 is 0 Å². The minimum atomic E-state index is -0.0802. The molecule has 4 rings (SSSR count). The van der Waals surface area contributed by atoms with Crippen LogP contribution in [0.1, 0.15) is 27.8 Å². The topological polar surface area (TPSA) is 46.8 Å². The first kappa shape index (κ1) is 14.9. The lowest BCUT2D eigenvalue weighted by atomic mass is 10.1. The Balaban J connectivity index is 1.63. The Hall–Kier alpha value is -2.66. The van der Waals surface area contributed by atoms with E-state index in [1.807, 2.05) is 71.0 Å². The van der Waals surface area contributed by atoms with E-state index in [1.165, 1.54) is 0 Å². The first-order valence-corrected chi connectivity index (χ1v) is 8.13. The van der Waals surface area contributed by atoms with Gasteiger partial charge in [0.05, 0.1) is 18.8 Å². The molecule has 0 radical (unpaired) electrons. The largest absolute Gasteiger partial charge is 0.370 e. The Kier molecular flexibility index (Phi) is 3.78. The van der Waals surface area contributed by atoms with Crippen molar-refractivity contribution in [3.05, 3.63) is 71.7 Å². The van der Waals surface area contributed by atoms with Gasteiger partial charge in [-0.05, 0) is 24.6 Å². The predicted octanol–water partition coefficient (Wildman–Crippen LogP) is 2.86. The summed E-state index contributed by atoms with van der Waals surface area (Å²) in [6, 6.07) is 15.8. The van der Waals surface area contributed by atoms with Gasteiger partial charge in [0.2, 0.25) is 0 Å². The molecule has 5 heteroatoms. The first-order valence-electron chi connectivity index (χ1n) is 8.13. The highest BCUT2D eigenvalue weighted by Crippen LogP contribution is 2.24. The van der Waals surface area contributed by atoms with Gasteiger partial charge < -0.3 is 9.64 Å². The SMILES string of the molecule is Cc1nc2ccccn2c1C(=O)N1CCO[C@H](c2ccccc2)C1. The minimum Gasteiger partial charge on any atom is -0.370 e. The van der Waals surface area contributed by atoms with Gasteiger partial charge in [-0.25, -0.2) is 4.98 Å². The van der Waals surface area contributed by atoms with Crippen LogP contribution in [0.25, 0.3) is 5.65 Å². The van der Waals surface area contributed by atoms with E-state index in [4.69, 9.17) is 4.74 Å². The number of ether oxygens (including phenoxy) is 1. The zero-order chi connectivity index (χ0) is 16.5. The molecule has 122 valence electrons. The highest BCUT2D eigenvalue weighted by atomic mass is 16.5. The molecule has 3 aromatic rings. The van der Waals surface area contributed by atoms with Gasteiger partial charge in [0.1, 0.15) is 17.4 Å². The van der Waals surface area contributed by atoms with E-state index in [9.17, 15) is 4.79 Å². The quantitative estimate of drug-likeness (QED) is 0.729. The molecule has 0 bridgehead atoms. The maximum Gasteiger partial charge on any atom is 0.272 e. The van der Waals surface area contributed by atoms with Crippen molar-refractivity contribution in [2.24, 2.45) is 0 Å². The van der Waals surface area contributed by atoms with Crippen molar-refractivity contribution in [2.45, 2.75) is 13.0 Å². The number of morpholine rings is 1. The van der Waals surface area contributed by atoms with Gasteiger partial charge in [0.15, 0.2) is 0 Å². The molecular formula is C19H19N3O2. The van der Waals surface area contributed by atoms with E-state index in [2.05, 4.69) is 4.98 Å². The lowest BCUT2D eigenvalue weighted by molar-refractivity contribution is -0.0230. The number of aryl methyl sites for hydroxylation is 1. The second-order valence-electron chi connectivity index (χ2n) is 6.00. The van der Waals surface area contributed by atoms with Gasteiger partial charge in [0, 0.05) is 12.7 Å². The molecule has 5 nitrogen and oxygen atoms in total. The molecule has 0 aliphatic carbocycles. The number of hydrogen-bond donors (Lipinski definition) is 0. The molecule has 2 aromatic heterocycles. The molecule has 1 saturated heterocycles. The summed E-state index contributed by atoms with van der Waals surface area (Å²) in [7, 11) is 0. The Morgan fingerprint density at radius 1 is 1.17 bits per heavy atom. The lowest BCUT2D eigenvalue weighted by Crippen LogP contribution is -2.42. The molecule has 1 amide bonds. The van der Waals surface area contributed by atoms with Gasteiger partial charge in [0.25, 0.3) is 5.91 Å². The fourth-order valence-electron chi connectivity index (χ4n) is 3.22. The van der Waals surface area contributed by atoms with E-state index in [0.717, 1.165) is 16.9 Å². The standard InChI is InChI=1S/C19H19N3O2/c1-14-18(22-10-6-5-9-17(22)20-14)19(23)21-11-12-24-16(13-21)15-7-3-2-4-8-15/h2-10,16H,11-13H2,1H3/t16-/m0/s1. The van der Waals surface area contributed by atoms with E-state index in [-0.39, 0.29) is 12.0 Å². The fourth-order valence-corrected chi connectivity index (χ4v) is 3.22. The van der Waals surface area contributed by atoms with Crippen molar-refractivity contribution in [3.8, 4) is 0 Å². The molecule has 1 atom stereocenters. The Morgan fingerprint density at radius 3 is 2.79 bits per heavy atom. The van der Waals surface area contributed by atoms with Gasteiger partial charge in [-0.1, -0.05) is 36.4 Å². The number of imidazole rings is 1. The molecule has 0 saturated carbocycles. The van der Waals surface area contributed by atoms with E-state index in [0.29, 0.717) is 25.4 Å². The molecule has 1 aromatic carbocycles. The number of nitrogens with zero attached hydrogens (tertiary/aromatic N) is 3. The summed E-state index contributed by atoms with van der Waals surface area (Å²) in [6.45, 7) is 3.58. The third-order valence-corrected chi connectivity index (χ3v) is 4.43. The number of carbonyl (C=O) groups excluding carboxylic acids is 1. The van der Waals surface area contributed by atoms with Crippen molar-refractivity contribution in [2.75, 3.05) is 19.7 Å². The summed E-state index contributed by atoms with van der Waals surface area (Å²) >= 11 is 0. The maximum absolute atomic E-state index is 13.1. The second-order valence-corrected chi connectivity index (χ2v) is 6.00. The molecule has 1 fully saturated rings. The average molecular weight is 321 g/mol. The van der Waals surface area contributed by atoms with Crippen molar-refractivity contribution < 1.29 is 9.53 Å². The molecule has 1 aliphatic heterocycles. The van der Waals surface area contributed by atoms with Crippen LogP contribution in [0.4, 0.5) is 0 Å². The van der Waals surface area contributed by atoms with Crippen LogP contribution in [0.2, 0.25) is 0 Å². The number of benzene rings is 1. The summed E-state index contributed by atoms with van der Waals surface area (Å²) in [5.41, 5.74) is 3.30. The second kappa shape index (κ2) is 6.09. The van der Waals surface area contributed by atoms with Crippen LogP contribution in [-0.2, 0) is 4.74 Å². The summed E-state index contributed by atoms with van der Waals surface area (Å²) in [5.74, 6) is 0.00966. The normalized spacial score (nSPS) is 18.0. The zero-order valence-electron chi connectivity index (χ0n) is 13.6. The highest BCUT2D eigenvalue weighted by Gasteiger charge is 2.28. The van der Waals surface area contributed by atoms with Crippen LogP contribution >= 0.6 is 0 Å². The Labute approximate surface area is 140 Å². The third-order valence-electron chi connectivity index (χ3n) is 4.43. The van der Waals surface area contributed by atoms with Gasteiger partial charge in [-0.3, -0.25) is 9.20 Å². The minimum absolute atomic E-state index is 0.00966. The van der Waals surface area contributed by atoms with Crippen molar-refractivity contribution in [1.29, 1.82) is 0 Å². The summed E-state index contributed by atoms with van der Waals surface area (Å²) < 4.78 is 7.73. The Morgan fingerprint density at radius 2 is 1.96 bits per heavy atom. The van der Waals surface area contributed by atoms with Crippen LogP contribution in [0.3, 0.4) is 0 Å². The smallest absolute Gasteiger partial charge is 0.272 e. The molecular weight excluding hydrogens is 302 g/mol. The number of carbonyl (C=O) groups is 1. The third kappa shape index (κ3) is 2.57. The fraction of sp³-hybridized carbons (Fsp3) is 0.263. The highest BCUT2D eigenvalue weighted by molar-refractivity contribution is 5.94. The van der Waals surface area contributed by atoms with Crippen LogP contribution in [0.15, 0.2) is 54.7 Å². The number of amides is 1. The molecule has 24 heavy (non-hydrogen) atoms. The summed E-state index contributed by atoms with van der Waals surface area (Å²) in [6.07, 6.45) is 1.81. The number of pyridine rings is 1. The van der Waals surface area contributed by atoms with E-state index in [1.54, 1.807) is 0 Å². The van der Waals surface area contributed by atoms with E-state index < -0.39 is 0 Å². The summed E-state index contributed by atoms with van der Waals surface area (Å²) in [4.78, 5) is 19.4. The van der Waals surface area contributed by atoms with Gasteiger partial charge >= 0.3 is 0 Å². The molecule has 0 unspecified atom stereocenters. The number of rotatable bonds is 2. The number of fused-ring (bicyclic) bond motifs is 1. The zero-order valence-corrected chi connectivity index (χ0v) is 13.6. The number of aromatic nitrogens is 2. The lowest BCUT2D eigenvalue weighted by Gasteiger charge is -2.33. The maximum atomic E-state index is 13.1. The van der Waals surface area contributed by atoms with Crippen molar-refractivity contribution >= 4 is 11.6 Å². The van der Waals surface area contributed by atoms with Crippen molar-refractivity contribution in [3.63, 3.8) is 0 Å². The van der Waals surface area contributed by atoms with E-state index >= 15 is 0 Å². The molecule has 1 aliphatic rings. The molecule has 3 heterocycles. The van der Waals surface area contributed by atoms with Crippen molar-refractivity contribution in [1.82, 2.24) is 14.3 Å². The first-order chi connectivity index (χ1) is 11.7. The van der Waals surface area contributed by atoms with Crippen LogP contribution in [0.5, 0.6) is 0 Å². The van der Waals surface area contributed by atoms with Crippen LogP contribution in [0, 0.1) is 6.92 Å². The summed E-state index contributed by atoms with van der Waals surface area (Å²) in [5, 5.41) is 0. The molecule has 0 N–H and O–H groups in total. The monoisotopic (exact) mass is 321 g/mol. The molecule has 0 spiro atoms. The Bertz CT molecular complexity index is 873. The predicted molar refractivity (Wildman–Crippen MR) is 91.0 cm³/mol. The average Bonchev–Trinajstić information content (AvgIpc) is 2.97. The van der Waals surface area contributed by atoms with Crippen LogP contribution in [-0.4, -0.2) is 39.9 Å².